The van der Waals surface area contributed by atoms with E-state index in [1.165, 1.54) is 17.3 Å². The molecule has 1 aliphatic heterocycles. The van der Waals surface area contributed by atoms with Crippen LogP contribution in [0.3, 0.4) is 0 Å². The van der Waals surface area contributed by atoms with Crippen molar-refractivity contribution >= 4 is 40.9 Å². The van der Waals surface area contributed by atoms with Crippen molar-refractivity contribution in [2.75, 3.05) is 4.90 Å². The van der Waals surface area contributed by atoms with Gasteiger partial charge in [0.15, 0.2) is 0 Å². The van der Waals surface area contributed by atoms with Crippen LogP contribution in [0.15, 0.2) is 77.7 Å². The molecule has 0 spiro atoms. The van der Waals surface area contributed by atoms with Crippen molar-refractivity contribution in [3.8, 4) is 0 Å². The fourth-order valence-corrected chi connectivity index (χ4v) is 5.10. The number of anilines is 1. The van der Waals surface area contributed by atoms with Gasteiger partial charge < -0.3 is 10.2 Å². The zero-order valence-corrected chi connectivity index (χ0v) is 19.6. The second kappa shape index (κ2) is 9.80. The number of rotatable bonds is 6. The molecule has 164 valence electrons. The molecule has 0 aliphatic carbocycles. The zero-order valence-electron chi connectivity index (χ0n) is 18.0. The summed E-state index contributed by atoms with van der Waals surface area (Å²) in [7, 11) is 0. The number of fused-ring (bicyclic) bond motifs is 1. The predicted molar refractivity (Wildman–Crippen MR) is 131 cm³/mol. The number of benzene rings is 3. The number of hydrogen-bond acceptors (Lipinski definition) is 3. The van der Waals surface area contributed by atoms with Crippen molar-refractivity contribution in [1.82, 2.24) is 5.32 Å². The highest BCUT2D eigenvalue weighted by atomic mass is 35.5. The van der Waals surface area contributed by atoms with Gasteiger partial charge in [0, 0.05) is 16.5 Å². The van der Waals surface area contributed by atoms with Crippen molar-refractivity contribution in [3.63, 3.8) is 0 Å². The number of halogens is 1. The number of nitrogens with one attached hydrogen (secondary N) is 1. The molecule has 1 heterocycles. The van der Waals surface area contributed by atoms with Crippen LogP contribution in [0.4, 0.5) is 5.69 Å². The molecular weight excluding hydrogens is 440 g/mol. The molecule has 1 N–H and O–H groups in total. The standard InChI is InChI=1S/C26H25ClN2O2S/c1-17-7-9-20(10-8-17)16-29-22-5-3-4-6-23(22)32-24(26(29)31)18(2)25(30)28-15-19-11-13-21(27)14-12-19/h3-14,18,24H,15-16H2,1-2H3,(H,28,30)/t18-,24-/m0/s1. The molecule has 0 fully saturated rings. The largest absolute Gasteiger partial charge is 0.352 e. The topological polar surface area (TPSA) is 49.4 Å². The van der Waals surface area contributed by atoms with E-state index in [9.17, 15) is 9.59 Å². The van der Waals surface area contributed by atoms with Crippen LogP contribution in [-0.4, -0.2) is 17.1 Å². The Hall–Kier alpha value is -2.76. The third-order valence-corrected chi connectivity index (χ3v) is 7.34. The first-order chi connectivity index (χ1) is 15.4. The summed E-state index contributed by atoms with van der Waals surface area (Å²) >= 11 is 7.40. The first-order valence-corrected chi connectivity index (χ1v) is 11.8. The van der Waals surface area contributed by atoms with E-state index < -0.39 is 11.2 Å². The fraction of sp³-hybridized carbons (Fsp3) is 0.231. The summed E-state index contributed by atoms with van der Waals surface area (Å²) in [6, 6.07) is 23.4. The number of carbonyl (C=O) groups is 2. The summed E-state index contributed by atoms with van der Waals surface area (Å²) in [5.41, 5.74) is 4.10. The molecule has 6 heteroatoms. The molecule has 0 saturated carbocycles. The predicted octanol–water partition coefficient (Wildman–Crippen LogP) is 5.61. The van der Waals surface area contributed by atoms with E-state index in [1.807, 2.05) is 67.3 Å². The van der Waals surface area contributed by atoms with Crippen molar-refractivity contribution in [2.45, 2.75) is 37.1 Å². The number of thioether (sulfide) groups is 1. The average molecular weight is 465 g/mol. The molecule has 0 aromatic heterocycles. The van der Waals surface area contributed by atoms with Crippen molar-refractivity contribution in [1.29, 1.82) is 0 Å². The molecular formula is C26H25ClN2O2S. The minimum atomic E-state index is -0.486. The summed E-state index contributed by atoms with van der Waals surface area (Å²) in [5.74, 6) is -0.655. The first-order valence-electron chi connectivity index (χ1n) is 10.6. The third-order valence-electron chi connectivity index (χ3n) is 5.63. The van der Waals surface area contributed by atoms with Crippen LogP contribution in [-0.2, 0) is 22.7 Å². The molecule has 0 radical (unpaired) electrons. The Bertz CT molecular complexity index is 1120. The van der Waals surface area contributed by atoms with Crippen LogP contribution in [0.2, 0.25) is 5.02 Å². The average Bonchev–Trinajstić information content (AvgIpc) is 2.81. The lowest BCUT2D eigenvalue weighted by Crippen LogP contribution is -2.47. The van der Waals surface area contributed by atoms with Gasteiger partial charge in [-0.2, -0.15) is 0 Å². The highest BCUT2D eigenvalue weighted by Gasteiger charge is 2.39. The maximum absolute atomic E-state index is 13.5. The van der Waals surface area contributed by atoms with Gasteiger partial charge in [-0.05, 0) is 42.3 Å². The lowest BCUT2D eigenvalue weighted by atomic mass is 10.0. The number of para-hydroxylation sites is 1. The monoisotopic (exact) mass is 464 g/mol. The van der Waals surface area contributed by atoms with Crippen LogP contribution >= 0.6 is 23.4 Å². The second-order valence-electron chi connectivity index (χ2n) is 8.05. The fourth-order valence-electron chi connectivity index (χ4n) is 3.68. The molecule has 2 amide bonds. The van der Waals surface area contributed by atoms with Gasteiger partial charge in [0.05, 0.1) is 18.2 Å². The number of aryl methyl sites for hydroxylation is 1. The van der Waals surface area contributed by atoms with E-state index in [2.05, 4.69) is 17.4 Å². The number of hydrogen-bond donors (Lipinski definition) is 1. The van der Waals surface area contributed by atoms with Crippen molar-refractivity contribution in [3.05, 3.63) is 94.5 Å². The highest BCUT2D eigenvalue weighted by molar-refractivity contribution is 8.01. The normalized spacial score (nSPS) is 16.4. The summed E-state index contributed by atoms with van der Waals surface area (Å²) in [6.45, 7) is 4.74. The molecule has 0 saturated heterocycles. The molecule has 4 rings (SSSR count). The van der Waals surface area contributed by atoms with Crippen LogP contribution in [0.1, 0.15) is 23.6 Å². The maximum Gasteiger partial charge on any atom is 0.241 e. The minimum Gasteiger partial charge on any atom is -0.352 e. The van der Waals surface area contributed by atoms with E-state index >= 15 is 0 Å². The Balaban J connectivity index is 1.51. The molecule has 2 atom stereocenters. The smallest absolute Gasteiger partial charge is 0.241 e. The second-order valence-corrected chi connectivity index (χ2v) is 9.67. The van der Waals surface area contributed by atoms with E-state index in [0.717, 1.165) is 21.7 Å². The number of nitrogens with zero attached hydrogens (tertiary/aromatic N) is 1. The number of carbonyl (C=O) groups excluding carboxylic acids is 2. The van der Waals surface area contributed by atoms with Gasteiger partial charge in [0.25, 0.3) is 0 Å². The number of amides is 2. The van der Waals surface area contributed by atoms with Gasteiger partial charge in [-0.1, -0.05) is 72.6 Å². The molecule has 3 aromatic carbocycles. The Morgan fingerprint density at radius 1 is 1.03 bits per heavy atom. The van der Waals surface area contributed by atoms with Gasteiger partial charge in [-0.3, -0.25) is 9.59 Å². The van der Waals surface area contributed by atoms with Crippen LogP contribution in [0, 0.1) is 12.8 Å². The van der Waals surface area contributed by atoms with Crippen LogP contribution in [0.25, 0.3) is 0 Å². The minimum absolute atomic E-state index is 0.0385. The molecule has 32 heavy (non-hydrogen) atoms. The van der Waals surface area contributed by atoms with E-state index in [0.29, 0.717) is 18.1 Å². The Morgan fingerprint density at radius 2 is 1.69 bits per heavy atom. The summed E-state index contributed by atoms with van der Waals surface area (Å²) in [6.07, 6.45) is 0. The Labute approximate surface area is 198 Å². The highest BCUT2D eigenvalue weighted by Crippen LogP contribution is 2.42. The molecule has 3 aromatic rings. The summed E-state index contributed by atoms with van der Waals surface area (Å²) in [5, 5.41) is 3.14. The SMILES string of the molecule is Cc1ccc(CN2C(=O)[C@H]([C@H](C)C(=O)NCc3ccc(Cl)cc3)Sc3ccccc32)cc1. The van der Waals surface area contributed by atoms with Crippen molar-refractivity contribution < 1.29 is 9.59 Å². The zero-order chi connectivity index (χ0) is 22.7. The molecule has 0 unspecified atom stereocenters. The summed E-state index contributed by atoms with van der Waals surface area (Å²) in [4.78, 5) is 29.3. The molecule has 4 nitrogen and oxygen atoms in total. The molecule has 0 bridgehead atoms. The van der Waals surface area contributed by atoms with Gasteiger partial charge in [0.2, 0.25) is 11.8 Å². The van der Waals surface area contributed by atoms with Crippen LogP contribution < -0.4 is 10.2 Å². The van der Waals surface area contributed by atoms with Crippen LogP contribution in [0.5, 0.6) is 0 Å². The van der Waals surface area contributed by atoms with Crippen molar-refractivity contribution in [2.24, 2.45) is 5.92 Å². The molecule has 1 aliphatic rings. The maximum atomic E-state index is 13.5. The van der Waals surface area contributed by atoms with Gasteiger partial charge in [-0.15, -0.1) is 11.8 Å². The third kappa shape index (κ3) is 5.00. The quantitative estimate of drug-likeness (QED) is 0.516. The van der Waals surface area contributed by atoms with Gasteiger partial charge in [-0.25, -0.2) is 0 Å². The lowest BCUT2D eigenvalue weighted by molar-refractivity contribution is -0.128. The Morgan fingerprint density at radius 3 is 2.41 bits per heavy atom. The van der Waals surface area contributed by atoms with E-state index in [1.54, 1.807) is 12.1 Å². The first kappa shape index (κ1) is 22.4. The van der Waals surface area contributed by atoms with Gasteiger partial charge in [0.1, 0.15) is 5.25 Å². The summed E-state index contributed by atoms with van der Waals surface area (Å²) < 4.78 is 0. The van der Waals surface area contributed by atoms with E-state index in [-0.39, 0.29) is 11.8 Å². The van der Waals surface area contributed by atoms with E-state index in [4.69, 9.17) is 11.6 Å². The van der Waals surface area contributed by atoms with Gasteiger partial charge >= 0.3 is 0 Å². The lowest BCUT2D eigenvalue weighted by Gasteiger charge is -2.35. The Kier molecular flexibility index (Phi) is 6.87.